The maximum atomic E-state index is 13.2. The Bertz CT molecular complexity index is 746. The predicted octanol–water partition coefficient (Wildman–Crippen LogP) is 3.00. The SMILES string of the molecule is CN(C1CCC(F)(F)CC1)S(=O)(=O)c1ccc(OCC(=O)O)c(Cl)c1. The van der Waals surface area contributed by atoms with Crippen LogP contribution in [0.15, 0.2) is 23.1 Å². The van der Waals surface area contributed by atoms with Crippen molar-refractivity contribution in [1.29, 1.82) is 0 Å². The Morgan fingerprint density at radius 2 is 2.00 bits per heavy atom. The summed E-state index contributed by atoms with van der Waals surface area (Å²) in [5.41, 5.74) is 0. The van der Waals surface area contributed by atoms with Gasteiger partial charge in [-0.2, -0.15) is 4.31 Å². The molecule has 1 aliphatic carbocycles. The Kier molecular flexibility index (Phi) is 5.90. The predicted molar refractivity (Wildman–Crippen MR) is 86.7 cm³/mol. The maximum absolute atomic E-state index is 13.2. The highest BCUT2D eigenvalue weighted by Gasteiger charge is 2.39. The molecule has 0 radical (unpaired) electrons. The summed E-state index contributed by atoms with van der Waals surface area (Å²) < 4.78 is 57.9. The molecular formula is C15H18ClF2NO5S. The fourth-order valence-corrected chi connectivity index (χ4v) is 4.39. The van der Waals surface area contributed by atoms with Crippen LogP contribution in [-0.4, -0.2) is 49.4 Å². The van der Waals surface area contributed by atoms with E-state index in [4.69, 9.17) is 21.4 Å². The van der Waals surface area contributed by atoms with Crippen molar-refractivity contribution in [2.45, 2.75) is 42.5 Å². The number of halogens is 3. The van der Waals surface area contributed by atoms with E-state index in [-0.39, 0.29) is 41.4 Å². The smallest absolute Gasteiger partial charge is 0.341 e. The van der Waals surface area contributed by atoms with Crippen LogP contribution in [0.3, 0.4) is 0 Å². The van der Waals surface area contributed by atoms with Gasteiger partial charge in [0.1, 0.15) is 5.75 Å². The topological polar surface area (TPSA) is 83.9 Å². The van der Waals surface area contributed by atoms with Crippen molar-refractivity contribution in [3.05, 3.63) is 23.2 Å². The third-order valence-electron chi connectivity index (χ3n) is 4.13. The van der Waals surface area contributed by atoms with Gasteiger partial charge in [-0.3, -0.25) is 0 Å². The molecule has 0 atom stereocenters. The van der Waals surface area contributed by atoms with E-state index in [1.807, 2.05) is 0 Å². The van der Waals surface area contributed by atoms with Crippen molar-refractivity contribution in [2.75, 3.05) is 13.7 Å². The first kappa shape index (κ1) is 19.9. The number of nitrogens with zero attached hydrogens (tertiary/aromatic N) is 1. The fourth-order valence-electron chi connectivity index (χ4n) is 2.65. The van der Waals surface area contributed by atoms with Crippen LogP contribution >= 0.6 is 11.6 Å². The minimum atomic E-state index is -3.91. The van der Waals surface area contributed by atoms with Gasteiger partial charge < -0.3 is 9.84 Å². The van der Waals surface area contributed by atoms with E-state index in [1.165, 1.54) is 19.2 Å². The first-order valence-electron chi connectivity index (χ1n) is 7.53. The molecule has 1 aromatic carbocycles. The van der Waals surface area contributed by atoms with Gasteiger partial charge in [-0.15, -0.1) is 0 Å². The number of rotatable bonds is 6. The van der Waals surface area contributed by atoms with E-state index in [0.717, 1.165) is 10.4 Å². The molecule has 0 unspecified atom stereocenters. The van der Waals surface area contributed by atoms with Gasteiger partial charge in [-0.25, -0.2) is 22.0 Å². The molecule has 1 aromatic rings. The van der Waals surface area contributed by atoms with Gasteiger partial charge in [-0.1, -0.05) is 11.6 Å². The van der Waals surface area contributed by atoms with Crippen molar-refractivity contribution >= 4 is 27.6 Å². The Labute approximate surface area is 149 Å². The highest BCUT2D eigenvalue weighted by Crippen LogP contribution is 2.36. The maximum Gasteiger partial charge on any atom is 0.341 e. The lowest BCUT2D eigenvalue weighted by Gasteiger charge is -2.33. The average Bonchev–Trinajstić information content (AvgIpc) is 2.52. The number of hydrogen-bond acceptors (Lipinski definition) is 4. The van der Waals surface area contributed by atoms with Crippen LogP contribution in [0.1, 0.15) is 25.7 Å². The lowest BCUT2D eigenvalue weighted by atomic mass is 9.92. The van der Waals surface area contributed by atoms with Gasteiger partial charge in [0.2, 0.25) is 15.9 Å². The van der Waals surface area contributed by atoms with E-state index in [9.17, 15) is 22.0 Å². The minimum Gasteiger partial charge on any atom is -0.480 e. The number of carboxylic acids is 1. The summed E-state index contributed by atoms with van der Waals surface area (Å²) in [7, 11) is -2.56. The quantitative estimate of drug-likeness (QED) is 0.797. The molecule has 0 amide bonds. The number of aliphatic carboxylic acids is 1. The lowest BCUT2D eigenvalue weighted by molar-refractivity contribution is -0.139. The fraction of sp³-hybridized carbons (Fsp3) is 0.533. The molecule has 0 heterocycles. The van der Waals surface area contributed by atoms with Gasteiger partial charge in [0, 0.05) is 25.9 Å². The van der Waals surface area contributed by atoms with Gasteiger partial charge in [0.05, 0.1) is 9.92 Å². The van der Waals surface area contributed by atoms with Gasteiger partial charge >= 0.3 is 5.97 Å². The molecule has 0 aliphatic heterocycles. The summed E-state index contributed by atoms with van der Waals surface area (Å²) in [5, 5.41) is 8.53. The Morgan fingerprint density at radius 1 is 1.40 bits per heavy atom. The molecule has 1 N–H and O–H groups in total. The largest absolute Gasteiger partial charge is 0.480 e. The van der Waals surface area contributed by atoms with Gasteiger partial charge in [-0.05, 0) is 31.0 Å². The van der Waals surface area contributed by atoms with Crippen LogP contribution < -0.4 is 4.74 Å². The van der Waals surface area contributed by atoms with Crippen LogP contribution in [0.25, 0.3) is 0 Å². The van der Waals surface area contributed by atoms with Gasteiger partial charge in [0.25, 0.3) is 0 Å². The normalized spacial score (nSPS) is 18.3. The van der Waals surface area contributed by atoms with Crippen molar-refractivity contribution < 1.29 is 31.8 Å². The molecule has 0 aromatic heterocycles. The average molecular weight is 398 g/mol. The van der Waals surface area contributed by atoms with Crippen molar-refractivity contribution in [3.8, 4) is 5.75 Å². The number of carboxylic acid groups (broad SMARTS) is 1. The summed E-state index contributed by atoms with van der Waals surface area (Å²) in [5.74, 6) is -3.89. The van der Waals surface area contributed by atoms with Gasteiger partial charge in [0.15, 0.2) is 6.61 Å². The molecule has 140 valence electrons. The summed E-state index contributed by atoms with van der Waals surface area (Å²) in [6.07, 6.45) is -0.535. The second-order valence-electron chi connectivity index (χ2n) is 5.88. The summed E-state index contributed by atoms with van der Waals surface area (Å²) in [4.78, 5) is 10.4. The van der Waals surface area contributed by atoms with Crippen molar-refractivity contribution in [2.24, 2.45) is 0 Å². The summed E-state index contributed by atoms with van der Waals surface area (Å²) >= 11 is 5.95. The number of alkyl halides is 2. The van der Waals surface area contributed by atoms with Crippen LogP contribution in [0, 0.1) is 0 Å². The molecule has 0 spiro atoms. The van der Waals surface area contributed by atoms with Crippen LogP contribution in [0.5, 0.6) is 5.75 Å². The second kappa shape index (κ2) is 7.43. The van der Waals surface area contributed by atoms with E-state index < -0.39 is 34.6 Å². The number of sulfonamides is 1. The molecule has 1 saturated carbocycles. The van der Waals surface area contributed by atoms with E-state index in [1.54, 1.807) is 0 Å². The molecule has 2 rings (SSSR count). The molecule has 0 bridgehead atoms. The molecule has 25 heavy (non-hydrogen) atoms. The molecule has 6 nitrogen and oxygen atoms in total. The zero-order valence-electron chi connectivity index (χ0n) is 13.4. The van der Waals surface area contributed by atoms with Crippen LogP contribution in [0.2, 0.25) is 5.02 Å². The van der Waals surface area contributed by atoms with Crippen molar-refractivity contribution in [1.82, 2.24) is 4.31 Å². The zero-order valence-corrected chi connectivity index (χ0v) is 15.0. The third-order valence-corrected chi connectivity index (χ3v) is 6.33. The Hall–Kier alpha value is -1.45. The third kappa shape index (κ3) is 4.80. The monoisotopic (exact) mass is 397 g/mol. The van der Waals surface area contributed by atoms with E-state index in [2.05, 4.69) is 0 Å². The standard InChI is InChI=1S/C15H18ClF2NO5S/c1-19(10-4-6-15(17,18)7-5-10)25(22,23)11-2-3-13(12(16)8-11)24-9-14(20)21/h2-3,8,10H,4-7,9H2,1H3,(H,20,21). The number of hydrogen-bond donors (Lipinski definition) is 1. The Balaban J connectivity index is 2.16. The molecule has 1 aliphatic rings. The lowest BCUT2D eigenvalue weighted by Crippen LogP contribution is -2.41. The van der Waals surface area contributed by atoms with Crippen LogP contribution in [0.4, 0.5) is 8.78 Å². The number of ether oxygens (including phenoxy) is 1. The summed E-state index contributed by atoms with van der Waals surface area (Å²) in [6.45, 7) is -0.609. The minimum absolute atomic E-state index is 0.0444. The molecular weight excluding hydrogens is 380 g/mol. The highest BCUT2D eigenvalue weighted by molar-refractivity contribution is 7.89. The van der Waals surface area contributed by atoms with E-state index >= 15 is 0 Å². The number of carbonyl (C=O) groups is 1. The molecule has 10 heteroatoms. The molecule has 0 saturated heterocycles. The van der Waals surface area contributed by atoms with E-state index in [0.29, 0.717) is 0 Å². The second-order valence-corrected chi connectivity index (χ2v) is 8.29. The van der Waals surface area contributed by atoms with Crippen molar-refractivity contribution in [3.63, 3.8) is 0 Å². The highest BCUT2D eigenvalue weighted by atomic mass is 35.5. The summed E-state index contributed by atoms with van der Waals surface area (Å²) in [6, 6.07) is 3.15. The first-order valence-corrected chi connectivity index (χ1v) is 9.35. The number of benzene rings is 1. The zero-order chi connectivity index (χ0) is 18.8. The first-order chi connectivity index (χ1) is 11.5. The molecule has 1 fully saturated rings. The van der Waals surface area contributed by atoms with Crippen LogP contribution in [-0.2, 0) is 14.8 Å². The Morgan fingerprint density at radius 3 is 2.52 bits per heavy atom.